The van der Waals surface area contributed by atoms with Crippen molar-refractivity contribution in [3.63, 3.8) is 0 Å². The van der Waals surface area contributed by atoms with Gasteiger partial charge in [-0.15, -0.1) is 12.4 Å². The number of ether oxygens (including phenoxy) is 1. The zero-order valence-electron chi connectivity index (χ0n) is 15.9. The number of thiazole rings is 1. The molecule has 7 nitrogen and oxygen atoms in total. The van der Waals surface area contributed by atoms with Crippen LogP contribution < -0.4 is 15.4 Å². The van der Waals surface area contributed by atoms with E-state index >= 15 is 0 Å². The van der Waals surface area contributed by atoms with Gasteiger partial charge in [0.05, 0.1) is 22.4 Å². The number of pyridine rings is 1. The lowest BCUT2D eigenvalue weighted by Crippen LogP contribution is -2.36. The van der Waals surface area contributed by atoms with Crippen LogP contribution in [-0.2, 0) is 0 Å². The number of nitrogens with zero attached hydrogens (tertiary/aromatic N) is 2. The number of carbonyl (C=O) groups is 1. The topological polar surface area (TPSA) is 96.4 Å². The summed E-state index contributed by atoms with van der Waals surface area (Å²) in [5.74, 6) is 0.944. The number of rotatable bonds is 5. The molecule has 0 spiro atoms. The van der Waals surface area contributed by atoms with Crippen molar-refractivity contribution in [3.8, 4) is 11.5 Å². The molecule has 0 bridgehead atoms. The summed E-state index contributed by atoms with van der Waals surface area (Å²) in [4.78, 5) is 20.4. The van der Waals surface area contributed by atoms with Crippen LogP contribution in [-0.4, -0.2) is 40.2 Å². The Bertz CT molecular complexity index is 997. The van der Waals surface area contributed by atoms with E-state index in [2.05, 4.69) is 20.6 Å². The number of nitrogens with one attached hydrogen (secondary N) is 2. The number of hydrogen-bond donors (Lipinski definition) is 3. The molecule has 1 amide bonds. The maximum atomic E-state index is 11.7. The highest BCUT2D eigenvalue weighted by Gasteiger charge is 2.23. The van der Waals surface area contributed by atoms with Crippen molar-refractivity contribution in [3.05, 3.63) is 42.2 Å². The van der Waals surface area contributed by atoms with Crippen molar-refractivity contribution in [2.24, 2.45) is 0 Å². The van der Waals surface area contributed by atoms with E-state index in [-0.39, 0.29) is 30.5 Å². The van der Waals surface area contributed by atoms with Gasteiger partial charge in [-0.25, -0.2) is 4.98 Å². The maximum absolute atomic E-state index is 11.7. The normalized spacial score (nSPS) is 18.7. The van der Waals surface area contributed by atoms with Gasteiger partial charge in [0.15, 0.2) is 5.13 Å². The third-order valence-electron chi connectivity index (χ3n) is 4.83. The molecule has 0 radical (unpaired) electrons. The molecule has 3 N–H and O–H groups in total. The van der Waals surface area contributed by atoms with E-state index in [0.717, 1.165) is 41.0 Å². The lowest BCUT2D eigenvalue weighted by molar-refractivity contribution is 0.0957. The number of hydrogen-bond acceptors (Lipinski definition) is 7. The van der Waals surface area contributed by atoms with Crippen molar-refractivity contribution in [2.45, 2.75) is 37.8 Å². The second-order valence-corrected chi connectivity index (χ2v) is 7.84. The fourth-order valence-electron chi connectivity index (χ4n) is 3.33. The summed E-state index contributed by atoms with van der Waals surface area (Å²) >= 11 is 1.54. The fourth-order valence-corrected chi connectivity index (χ4v) is 4.29. The Balaban J connectivity index is 0.00000240. The molecule has 0 aliphatic heterocycles. The Kier molecular flexibility index (Phi) is 6.89. The molecule has 1 aliphatic rings. The number of aliphatic hydroxyl groups excluding tert-OH is 1. The average Bonchev–Trinajstić information content (AvgIpc) is 3.11. The van der Waals surface area contributed by atoms with Crippen LogP contribution in [0.4, 0.5) is 5.13 Å². The number of benzene rings is 1. The van der Waals surface area contributed by atoms with Crippen molar-refractivity contribution < 1.29 is 14.6 Å². The predicted octanol–water partition coefficient (Wildman–Crippen LogP) is 3.98. The monoisotopic (exact) mass is 434 g/mol. The van der Waals surface area contributed by atoms with Crippen LogP contribution in [0.3, 0.4) is 0 Å². The smallest absolute Gasteiger partial charge is 0.269 e. The minimum atomic E-state index is -0.319. The van der Waals surface area contributed by atoms with E-state index in [4.69, 9.17) is 4.74 Å². The summed E-state index contributed by atoms with van der Waals surface area (Å²) in [7, 11) is 1.56. The van der Waals surface area contributed by atoms with Gasteiger partial charge < -0.3 is 20.5 Å². The standard InChI is InChI=1S/C20H22N4O3S.ClH/c1-21-19(26)16-10-13(8-9-22-16)27-12-6-7-15-18(11-12)28-20(24-15)23-14-4-2-3-5-17(14)25;/h6-11,14,17,25H,2-5H2,1H3,(H,21,26)(H,23,24);1H/t14-,17-;/m1./s1. The summed E-state index contributed by atoms with van der Waals surface area (Å²) < 4.78 is 6.89. The first-order chi connectivity index (χ1) is 13.6. The quantitative estimate of drug-likeness (QED) is 0.562. The first kappa shape index (κ1) is 21.3. The fraction of sp³-hybridized carbons (Fsp3) is 0.350. The van der Waals surface area contributed by atoms with E-state index in [9.17, 15) is 9.90 Å². The molecule has 1 aromatic carbocycles. The summed E-state index contributed by atoms with van der Waals surface area (Å²) in [6.07, 6.45) is 5.23. The molecule has 2 aromatic heterocycles. The Morgan fingerprint density at radius 3 is 2.79 bits per heavy atom. The minimum Gasteiger partial charge on any atom is -0.457 e. The number of carbonyl (C=O) groups excluding carboxylic acids is 1. The van der Waals surface area contributed by atoms with E-state index < -0.39 is 0 Å². The Labute approximate surface area is 178 Å². The highest BCUT2D eigenvalue weighted by Crippen LogP contribution is 2.32. The second kappa shape index (κ2) is 9.39. The molecule has 1 fully saturated rings. The van der Waals surface area contributed by atoms with Gasteiger partial charge >= 0.3 is 0 Å². The lowest BCUT2D eigenvalue weighted by Gasteiger charge is -2.27. The van der Waals surface area contributed by atoms with Gasteiger partial charge in [0.2, 0.25) is 0 Å². The van der Waals surface area contributed by atoms with Gasteiger partial charge in [0.1, 0.15) is 17.2 Å². The van der Waals surface area contributed by atoms with Crippen LogP contribution in [0.5, 0.6) is 11.5 Å². The summed E-state index contributed by atoms with van der Waals surface area (Å²) in [5.41, 5.74) is 1.18. The highest BCUT2D eigenvalue weighted by atomic mass is 35.5. The molecule has 0 saturated heterocycles. The molecule has 1 aliphatic carbocycles. The van der Waals surface area contributed by atoms with Crippen LogP contribution in [0, 0.1) is 0 Å². The van der Waals surface area contributed by atoms with Gasteiger partial charge in [0, 0.05) is 25.4 Å². The number of amides is 1. The highest BCUT2D eigenvalue weighted by molar-refractivity contribution is 7.22. The zero-order chi connectivity index (χ0) is 19.5. The number of fused-ring (bicyclic) bond motifs is 1. The second-order valence-electron chi connectivity index (χ2n) is 6.81. The first-order valence-electron chi connectivity index (χ1n) is 9.33. The van der Waals surface area contributed by atoms with Crippen molar-refractivity contribution >= 4 is 45.0 Å². The van der Waals surface area contributed by atoms with E-state index in [1.54, 1.807) is 25.4 Å². The molecule has 9 heteroatoms. The number of aromatic nitrogens is 2. The van der Waals surface area contributed by atoms with Crippen molar-refractivity contribution in [1.29, 1.82) is 0 Å². The van der Waals surface area contributed by atoms with Crippen LogP contribution >= 0.6 is 23.7 Å². The molecule has 1 saturated carbocycles. The zero-order valence-corrected chi connectivity index (χ0v) is 17.6. The molecule has 2 heterocycles. The van der Waals surface area contributed by atoms with Crippen LogP contribution in [0.2, 0.25) is 0 Å². The van der Waals surface area contributed by atoms with Gasteiger partial charge in [-0.3, -0.25) is 9.78 Å². The van der Waals surface area contributed by atoms with Gasteiger partial charge in [-0.05, 0) is 31.0 Å². The molecule has 29 heavy (non-hydrogen) atoms. The Morgan fingerprint density at radius 1 is 1.21 bits per heavy atom. The average molecular weight is 435 g/mol. The maximum Gasteiger partial charge on any atom is 0.269 e. The Morgan fingerprint density at radius 2 is 2.00 bits per heavy atom. The minimum absolute atomic E-state index is 0. The predicted molar refractivity (Wildman–Crippen MR) is 116 cm³/mol. The largest absolute Gasteiger partial charge is 0.457 e. The van der Waals surface area contributed by atoms with Crippen LogP contribution in [0.1, 0.15) is 36.2 Å². The summed E-state index contributed by atoms with van der Waals surface area (Å²) in [6, 6.07) is 9.06. The van der Waals surface area contributed by atoms with Gasteiger partial charge in [-0.1, -0.05) is 24.2 Å². The number of anilines is 1. The SMILES string of the molecule is CNC(=O)c1cc(Oc2ccc3nc(N[C@@H]4CCCC[C@H]4O)sc3c2)ccn1.Cl. The van der Waals surface area contributed by atoms with E-state index in [1.165, 1.54) is 11.3 Å². The molecule has 3 aromatic rings. The van der Waals surface area contributed by atoms with E-state index in [0.29, 0.717) is 17.2 Å². The molecule has 154 valence electrons. The lowest BCUT2D eigenvalue weighted by atomic mass is 9.93. The molecule has 2 atom stereocenters. The number of halogens is 1. The van der Waals surface area contributed by atoms with Crippen LogP contribution in [0.25, 0.3) is 10.2 Å². The third-order valence-corrected chi connectivity index (χ3v) is 5.77. The molecular weight excluding hydrogens is 412 g/mol. The van der Waals surface area contributed by atoms with Gasteiger partial charge in [0.25, 0.3) is 5.91 Å². The molecule has 4 rings (SSSR count). The Hall–Kier alpha value is -2.42. The van der Waals surface area contributed by atoms with Crippen molar-refractivity contribution in [2.75, 3.05) is 12.4 Å². The molecular formula is C20H23ClN4O3S. The first-order valence-corrected chi connectivity index (χ1v) is 10.2. The third kappa shape index (κ3) is 4.95. The van der Waals surface area contributed by atoms with E-state index in [1.807, 2.05) is 18.2 Å². The molecule has 0 unspecified atom stereocenters. The van der Waals surface area contributed by atoms with Crippen molar-refractivity contribution in [1.82, 2.24) is 15.3 Å². The number of aliphatic hydroxyl groups is 1. The summed E-state index contributed by atoms with van der Waals surface area (Å²) in [5, 5.41) is 16.9. The van der Waals surface area contributed by atoms with Gasteiger partial charge in [-0.2, -0.15) is 0 Å². The van der Waals surface area contributed by atoms with Crippen LogP contribution in [0.15, 0.2) is 36.5 Å². The summed E-state index contributed by atoms with van der Waals surface area (Å²) in [6.45, 7) is 0.